The zero-order valence-corrected chi connectivity index (χ0v) is 11.4. The summed E-state index contributed by atoms with van der Waals surface area (Å²) in [5.41, 5.74) is 3.90. The first kappa shape index (κ1) is 11.7. The molecule has 0 aromatic heterocycles. The van der Waals surface area contributed by atoms with Gasteiger partial charge in [0, 0.05) is 5.54 Å². The molecule has 1 aromatic carbocycles. The quantitative estimate of drug-likeness (QED) is 0.696. The lowest BCUT2D eigenvalue weighted by atomic mass is 9.62. The van der Waals surface area contributed by atoms with Crippen LogP contribution in [-0.2, 0) is 0 Å². The fourth-order valence-electron chi connectivity index (χ4n) is 3.96. The summed E-state index contributed by atoms with van der Waals surface area (Å²) in [6.45, 7) is 5.84. The SMILES string of the molecule is CC1c2cccc(C#N)c2C2CCN(C)C1(C)C2. The summed E-state index contributed by atoms with van der Waals surface area (Å²) in [4.78, 5) is 2.51. The molecule has 94 valence electrons. The Hall–Kier alpha value is -1.33. The minimum absolute atomic E-state index is 0.254. The summed E-state index contributed by atoms with van der Waals surface area (Å²) in [7, 11) is 2.24. The van der Waals surface area contributed by atoms with Crippen LogP contribution in [0.1, 0.15) is 55.2 Å². The smallest absolute Gasteiger partial charge is 0.0994 e. The Labute approximate surface area is 109 Å². The van der Waals surface area contributed by atoms with Gasteiger partial charge in [-0.15, -0.1) is 0 Å². The van der Waals surface area contributed by atoms with Crippen molar-refractivity contribution in [2.45, 2.75) is 44.1 Å². The van der Waals surface area contributed by atoms with Crippen molar-refractivity contribution in [3.63, 3.8) is 0 Å². The third-order valence-electron chi connectivity index (χ3n) is 5.41. The predicted molar refractivity (Wildman–Crippen MR) is 72.6 cm³/mol. The summed E-state index contributed by atoms with van der Waals surface area (Å²) in [6.07, 6.45) is 2.38. The Morgan fingerprint density at radius 3 is 2.94 bits per heavy atom. The monoisotopic (exact) mass is 240 g/mol. The molecule has 2 nitrogen and oxygen atoms in total. The molecule has 1 aliphatic heterocycles. The molecule has 1 saturated heterocycles. The van der Waals surface area contributed by atoms with Gasteiger partial charge in [-0.2, -0.15) is 5.26 Å². The third kappa shape index (κ3) is 1.37. The molecule has 2 bridgehead atoms. The zero-order chi connectivity index (χ0) is 12.9. The number of fused-ring (bicyclic) bond motifs is 4. The third-order valence-corrected chi connectivity index (χ3v) is 5.41. The number of benzene rings is 1. The molecule has 1 fully saturated rings. The van der Waals surface area contributed by atoms with Crippen LogP contribution in [-0.4, -0.2) is 24.0 Å². The van der Waals surface area contributed by atoms with E-state index in [1.807, 2.05) is 12.1 Å². The first-order chi connectivity index (χ1) is 8.58. The number of nitrogens with zero attached hydrogens (tertiary/aromatic N) is 2. The first-order valence-corrected chi connectivity index (χ1v) is 6.82. The van der Waals surface area contributed by atoms with Crippen LogP contribution >= 0.6 is 0 Å². The molecule has 3 unspecified atom stereocenters. The van der Waals surface area contributed by atoms with Gasteiger partial charge in [-0.05, 0) is 62.4 Å². The molecule has 18 heavy (non-hydrogen) atoms. The molecule has 2 heteroatoms. The highest BCUT2D eigenvalue weighted by Gasteiger charge is 2.47. The summed E-state index contributed by atoms with van der Waals surface area (Å²) >= 11 is 0. The molecular formula is C16H20N2. The van der Waals surface area contributed by atoms with E-state index in [2.05, 4.69) is 37.9 Å². The normalized spacial score (nSPS) is 34.8. The molecule has 0 amide bonds. The van der Waals surface area contributed by atoms with Crippen molar-refractivity contribution in [3.05, 3.63) is 34.9 Å². The molecule has 2 aliphatic rings. The molecule has 0 spiro atoms. The second kappa shape index (κ2) is 3.83. The van der Waals surface area contributed by atoms with E-state index in [0.29, 0.717) is 11.8 Å². The van der Waals surface area contributed by atoms with Gasteiger partial charge in [0.05, 0.1) is 11.6 Å². The number of hydrogen-bond donors (Lipinski definition) is 0. The first-order valence-electron chi connectivity index (χ1n) is 6.82. The maximum absolute atomic E-state index is 9.33. The molecule has 0 radical (unpaired) electrons. The Bertz CT molecular complexity index is 528. The van der Waals surface area contributed by atoms with Crippen molar-refractivity contribution in [1.29, 1.82) is 5.26 Å². The van der Waals surface area contributed by atoms with Crippen molar-refractivity contribution in [1.82, 2.24) is 4.90 Å². The number of likely N-dealkylation sites (N-methyl/N-ethyl adjacent to an activating group) is 1. The highest BCUT2D eigenvalue weighted by Crippen LogP contribution is 2.52. The van der Waals surface area contributed by atoms with Gasteiger partial charge in [0.2, 0.25) is 0 Å². The van der Waals surface area contributed by atoms with Gasteiger partial charge in [0.1, 0.15) is 0 Å². The van der Waals surface area contributed by atoms with Gasteiger partial charge in [0.15, 0.2) is 0 Å². The lowest BCUT2D eigenvalue weighted by Crippen LogP contribution is -2.55. The van der Waals surface area contributed by atoms with Crippen LogP contribution in [0.3, 0.4) is 0 Å². The summed E-state index contributed by atoms with van der Waals surface area (Å²) < 4.78 is 0. The van der Waals surface area contributed by atoms with Crippen molar-refractivity contribution >= 4 is 0 Å². The maximum Gasteiger partial charge on any atom is 0.0994 e. The fraction of sp³-hybridized carbons (Fsp3) is 0.562. The van der Waals surface area contributed by atoms with Crippen molar-refractivity contribution in [2.75, 3.05) is 13.6 Å². The minimum atomic E-state index is 0.254. The fourth-order valence-corrected chi connectivity index (χ4v) is 3.96. The summed E-state index contributed by atoms with van der Waals surface area (Å²) in [6, 6.07) is 8.63. The highest BCUT2D eigenvalue weighted by molar-refractivity contribution is 5.50. The van der Waals surface area contributed by atoms with E-state index in [9.17, 15) is 5.26 Å². The van der Waals surface area contributed by atoms with Gasteiger partial charge >= 0.3 is 0 Å². The molecule has 1 aliphatic carbocycles. The zero-order valence-electron chi connectivity index (χ0n) is 11.4. The highest BCUT2D eigenvalue weighted by atomic mass is 15.2. The lowest BCUT2D eigenvalue weighted by molar-refractivity contribution is 0.0457. The summed E-state index contributed by atoms with van der Waals surface area (Å²) in [5, 5.41) is 9.33. The Morgan fingerprint density at radius 2 is 2.22 bits per heavy atom. The molecular weight excluding hydrogens is 220 g/mol. The molecule has 0 saturated carbocycles. The molecule has 3 atom stereocenters. The number of likely N-dealkylation sites (tertiary alicyclic amines) is 1. The number of hydrogen-bond acceptors (Lipinski definition) is 2. The van der Waals surface area contributed by atoms with E-state index >= 15 is 0 Å². The van der Waals surface area contributed by atoms with E-state index in [0.717, 1.165) is 12.1 Å². The minimum Gasteiger partial charge on any atom is -0.300 e. The lowest BCUT2D eigenvalue weighted by Gasteiger charge is -2.54. The van der Waals surface area contributed by atoms with Crippen LogP contribution in [0.25, 0.3) is 0 Å². The predicted octanol–water partition coefficient (Wildman–Crippen LogP) is 3.24. The maximum atomic E-state index is 9.33. The topological polar surface area (TPSA) is 27.0 Å². The number of nitriles is 1. The van der Waals surface area contributed by atoms with Crippen LogP contribution in [0, 0.1) is 11.3 Å². The Balaban J connectivity index is 2.21. The largest absolute Gasteiger partial charge is 0.300 e. The second-order valence-electron chi connectivity index (χ2n) is 6.11. The Kier molecular flexibility index (Phi) is 2.50. The van der Waals surface area contributed by atoms with Crippen LogP contribution in [0.5, 0.6) is 0 Å². The second-order valence-corrected chi connectivity index (χ2v) is 6.11. The van der Waals surface area contributed by atoms with Gasteiger partial charge in [-0.25, -0.2) is 0 Å². The van der Waals surface area contributed by atoms with Crippen molar-refractivity contribution in [2.24, 2.45) is 0 Å². The molecule has 3 rings (SSSR count). The van der Waals surface area contributed by atoms with Crippen molar-refractivity contribution in [3.8, 4) is 6.07 Å². The van der Waals surface area contributed by atoms with Crippen LogP contribution in [0.2, 0.25) is 0 Å². The Morgan fingerprint density at radius 1 is 1.44 bits per heavy atom. The van der Waals surface area contributed by atoms with E-state index in [4.69, 9.17) is 0 Å². The van der Waals surface area contributed by atoms with Gasteiger partial charge in [-0.1, -0.05) is 19.1 Å². The van der Waals surface area contributed by atoms with Crippen LogP contribution in [0.15, 0.2) is 18.2 Å². The average Bonchev–Trinajstić information content (AvgIpc) is 2.39. The number of rotatable bonds is 0. The van der Waals surface area contributed by atoms with Gasteiger partial charge in [-0.3, -0.25) is 0 Å². The average molecular weight is 240 g/mol. The van der Waals surface area contributed by atoms with Crippen LogP contribution < -0.4 is 0 Å². The van der Waals surface area contributed by atoms with E-state index in [1.54, 1.807) is 0 Å². The van der Waals surface area contributed by atoms with E-state index in [-0.39, 0.29) is 5.54 Å². The molecule has 0 N–H and O–H groups in total. The molecule has 1 heterocycles. The summed E-state index contributed by atoms with van der Waals surface area (Å²) in [5.74, 6) is 1.08. The molecule has 1 aromatic rings. The van der Waals surface area contributed by atoms with Gasteiger partial charge < -0.3 is 4.90 Å². The number of piperidine rings is 1. The van der Waals surface area contributed by atoms with E-state index < -0.39 is 0 Å². The van der Waals surface area contributed by atoms with Crippen molar-refractivity contribution < 1.29 is 0 Å². The van der Waals surface area contributed by atoms with Crippen LogP contribution in [0.4, 0.5) is 0 Å². The standard InChI is InChI=1S/C16H20N2/c1-11-14-6-4-5-13(10-17)15(14)12-7-8-18(3)16(11,2)9-12/h4-6,11-12H,7-9H2,1-3H3. The van der Waals surface area contributed by atoms with E-state index in [1.165, 1.54) is 24.0 Å². The van der Waals surface area contributed by atoms with Gasteiger partial charge in [0.25, 0.3) is 0 Å².